The summed E-state index contributed by atoms with van der Waals surface area (Å²) in [5.74, 6) is 0.303. The minimum absolute atomic E-state index is 0.0101. The Labute approximate surface area is 229 Å². The Balaban J connectivity index is 1.86. The molecule has 9 nitrogen and oxygen atoms in total. The van der Waals surface area contributed by atoms with Crippen LogP contribution in [0.15, 0.2) is 52.1 Å². The minimum Gasteiger partial charge on any atom is -0.365 e. The number of fused-ring (bicyclic) bond motifs is 3. The van der Waals surface area contributed by atoms with Crippen molar-refractivity contribution in [3.8, 4) is 11.3 Å². The van der Waals surface area contributed by atoms with Crippen LogP contribution in [-0.2, 0) is 19.5 Å². The van der Waals surface area contributed by atoms with E-state index in [4.69, 9.17) is 4.99 Å². The van der Waals surface area contributed by atoms with Crippen LogP contribution >= 0.6 is 0 Å². The van der Waals surface area contributed by atoms with Crippen molar-refractivity contribution in [3.63, 3.8) is 0 Å². The molecular weight excluding hydrogens is 492 g/mol. The average molecular weight is 531 g/mol. The maximum atomic E-state index is 13.9. The van der Waals surface area contributed by atoms with Crippen LogP contribution in [0.2, 0.25) is 0 Å². The highest BCUT2D eigenvalue weighted by molar-refractivity contribution is 5.67. The first-order valence-electron chi connectivity index (χ1n) is 13.4. The number of hydrogen-bond acceptors (Lipinski definition) is 6. The maximum Gasteiger partial charge on any atom is 0.330 e. The summed E-state index contributed by atoms with van der Waals surface area (Å²) < 4.78 is 3.49. The molecule has 0 aliphatic carbocycles. The third kappa shape index (κ3) is 6.13. The SMILES string of the molecule is Cc1cc(C)c(N=c2cc3n(c(=O)n2CCN/C(=C/[N+](=O)[O-])NC(C)C)CCc2cc(C)c(C)cc2-3)c(C)c1. The van der Waals surface area contributed by atoms with Gasteiger partial charge in [0.2, 0.25) is 0 Å². The molecule has 0 unspecified atom stereocenters. The van der Waals surface area contributed by atoms with Gasteiger partial charge in [0.15, 0.2) is 5.82 Å². The summed E-state index contributed by atoms with van der Waals surface area (Å²) >= 11 is 0. The summed E-state index contributed by atoms with van der Waals surface area (Å²) in [6.45, 7) is 15.3. The summed E-state index contributed by atoms with van der Waals surface area (Å²) in [6.07, 6.45) is 1.69. The standard InChI is InChI=1S/C30H38N6O3/c1-18(2)32-27(17-36(38)39)31-9-11-35-28(33-29-22(6)12-19(3)13-23(29)7)16-26-25-15-21(5)20(4)14-24(25)8-10-34(26)30(35)37/h12-18,31-32H,8-11H2,1-7H3/b27-17-,33-28?. The lowest BCUT2D eigenvalue weighted by atomic mass is 9.93. The lowest BCUT2D eigenvalue weighted by Gasteiger charge is -2.24. The van der Waals surface area contributed by atoms with Gasteiger partial charge in [-0.05, 0) is 88.8 Å². The van der Waals surface area contributed by atoms with Crippen molar-refractivity contribution in [3.05, 3.63) is 102 Å². The van der Waals surface area contributed by atoms with E-state index in [2.05, 4.69) is 55.7 Å². The lowest BCUT2D eigenvalue weighted by molar-refractivity contribution is -0.404. The van der Waals surface area contributed by atoms with Gasteiger partial charge >= 0.3 is 5.69 Å². The summed E-state index contributed by atoms with van der Waals surface area (Å²) in [5.41, 5.74) is 10.1. The molecule has 39 heavy (non-hydrogen) atoms. The van der Waals surface area contributed by atoms with E-state index in [0.29, 0.717) is 24.4 Å². The van der Waals surface area contributed by atoms with Crippen LogP contribution in [0.25, 0.3) is 11.3 Å². The van der Waals surface area contributed by atoms with Crippen LogP contribution in [0.4, 0.5) is 5.69 Å². The second-order valence-corrected chi connectivity index (χ2v) is 10.7. The van der Waals surface area contributed by atoms with Crippen molar-refractivity contribution in [2.75, 3.05) is 6.54 Å². The van der Waals surface area contributed by atoms with Crippen LogP contribution < -0.4 is 21.8 Å². The molecule has 0 amide bonds. The first kappa shape index (κ1) is 27.9. The molecule has 0 radical (unpaired) electrons. The zero-order valence-electron chi connectivity index (χ0n) is 23.9. The molecular formula is C30H38N6O3. The van der Waals surface area contributed by atoms with Gasteiger partial charge in [0.05, 0.1) is 16.3 Å². The number of nitro groups is 1. The zero-order chi connectivity index (χ0) is 28.4. The first-order chi connectivity index (χ1) is 18.4. The van der Waals surface area contributed by atoms with Crippen molar-refractivity contribution in [1.29, 1.82) is 0 Å². The van der Waals surface area contributed by atoms with E-state index in [1.807, 2.05) is 38.3 Å². The van der Waals surface area contributed by atoms with E-state index >= 15 is 0 Å². The third-order valence-electron chi connectivity index (χ3n) is 7.09. The summed E-state index contributed by atoms with van der Waals surface area (Å²) in [5, 5.41) is 17.2. The van der Waals surface area contributed by atoms with Gasteiger partial charge in [-0.2, -0.15) is 0 Å². The van der Waals surface area contributed by atoms with Crippen LogP contribution in [-0.4, -0.2) is 26.6 Å². The largest absolute Gasteiger partial charge is 0.365 e. The van der Waals surface area contributed by atoms with E-state index in [0.717, 1.165) is 46.3 Å². The molecule has 0 saturated carbocycles. The van der Waals surface area contributed by atoms with Gasteiger partial charge in [-0.1, -0.05) is 23.8 Å². The fourth-order valence-electron chi connectivity index (χ4n) is 5.24. The Hall–Kier alpha value is -4.14. The van der Waals surface area contributed by atoms with Crippen molar-refractivity contribution in [2.24, 2.45) is 4.99 Å². The Kier molecular flexibility index (Phi) is 8.09. The topological polar surface area (TPSA) is 106 Å². The fourth-order valence-corrected chi connectivity index (χ4v) is 5.24. The summed E-state index contributed by atoms with van der Waals surface area (Å²) in [6, 6.07) is 10.6. The van der Waals surface area contributed by atoms with Gasteiger partial charge < -0.3 is 10.6 Å². The summed E-state index contributed by atoms with van der Waals surface area (Å²) in [4.78, 5) is 29.6. The molecule has 1 aliphatic heterocycles. The van der Waals surface area contributed by atoms with E-state index in [1.165, 1.54) is 16.7 Å². The molecule has 0 atom stereocenters. The first-order valence-corrected chi connectivity index (χ1v) is 13.4. The van der Waals surface area contributed by atoms with Crippen molar-refractivity contribution < 1.29 is 4.92 Å². The van der Waals surface area contributed by atoms with Gasteiger partial charge in [-0.3, -0.25) is 19.2 Å². The average Bonchev–Trinajstić information content (AvgIpc) is 2.83. The molecule has 0 bridgehead atoms. The van der Waals surface area contributed by atoms with Gasteiger partial charge in [-0.15, -0.1) is 0 Å². The summed E-state index contributed by atoms with van der Waals surface area (Å²) in [7, 11) is 0. The van der Waals surface area contributed by atoms with Crippen molar-refractivity contribution in [2.45, 2.75) is 74.0 Å². The maximum absolute atomic E-state index is 13.9. The van der Waals surface area contributed by atoms with Crippen LogP contribution in [0, 0.1) is 44.7 Å². The van der Waals surface area contributed by atoms with Crippen LogP contribution in [0.5, 0.6) is 0 Å². The molecule has 2 N–H and O–H groups in total. The monoisotopic (exact) mass is 530 g/mol. The molecule has 0 fully saturated rings. The number of aromatic nitrogens is 2. The number of aryl methyl sites for hydroxylation is 6. The van der Waals surface area contributed by atoms with E-state index < -0.39 is 4.92 Å². The molecule has 3 aromatic rings. The Bertz CT molecular complexity index is 1570. The molecule has 206 valence electrons. The minimum atomic E-state index is -0.497. The number of nitrogens with one attached hydrogen (secondary N) is 2. The normalized spacial score (nSPS) is 13.3. The fraction of sp³-hybridized carbons (Fsp3) is 0.400. The van der Waals surface area contributed by atoms with Gasteiger partial charge in [-0.25, -0.2) is 9.79 Å². The number of hydrogen-bond donors (Lipinski definition) is 2. The Morgan fingerprint density at radius 2 is 1.72 bits per heavy atom. The highest BCUT2D eigenvalue weighted by Crippen LogP contribution is 2.30. The molecule has 0 saturated heterocycles. The third-order valence-corrected chi connectivity index (χ3v) is 7.09. The number of benzene rings is 2. The van der Waals surface area contributed by atoms with Crippen LogP contribution in [0.1, 0.15) is 47.2 Å². The van der Waals surface area contributed by atoms with Crippen molar-refractivity contribution >= 4 is 5.69 Å². The van der Waals surface area contributed by atoms with E-state index in [9.17, 15) is 14.9 Å². The van der Waals surface area contributed by atoms with Crippen molar-refractivity contribution in [1.82, 2.24) is 19.8 Å². The highest BCUT2D eigenvalue weighted by atomic mass is 16.6. The zero-order valence-corrected chi connectivity index (χ0v) is 23.9. The second-order valence-electron chi connectivity index (χ2n) is 10.7. The molecule has 2 aromatic carbocycles. The molecule has 4 rings (SSSR count). The van der Waals surface area contributed by atoms with Gasteiger partial charge in [0.1, 0.15) is 5.49 Å². The van der Waals surface area contributed by atoms with E-state index in [1.54, 1.807) is 4.57 Å². The molecule has 0 spiro atoms. The smallest absolute Gasteiger partial charge is 0.330 e. The molecule has 2 heterocycles. The Morgan fingerprint density at radius 1 is 1.05 bits per heavy atom. The number of nitrogens with zero attached hydrogens (tertiary/aromatic N) is 4. The quantitative estimate of drug-likeness (QED) is 0.333. The van der Waals surface area contributed by atoms with Crippen LogP contribution in [0.3, 0.4) is 0 Å². The number of rotatable bonds is 8. The van der Waals surface area contributed by atoms with Gasteiger partial charge in [0, 0.05) is 37.3 Å². The van der Waals surface area contributed by atoms with E-state index in [-0.39, 0.29) is 18.3 Å². The predicted molar refractivity (Wildman–Crippen MR) is 155 cm³/mol. The highest BCUT2D eigenvalue weighted by Gasteiger charge is 2.21. The van der Waals surface area contributed by atoms with Gasteiger partial charge in [0.25, 0.3) is 6.20 Å². The molecule has 1 aromatic heterocycles. The molecule has 1 aliphatic rings. The Morgan fingerprint density at radius 3 is 2.36 bits per heavy atom. The molecule has 9 heteroatoms. The lowest BCUT2D eigenvalue weighted by Crippen LogP contribution is -2.44. The predicted octanol–water partition coefficient (Wildman–Crippen LogP) is 4.31. The second kappa shape index (κ2) is 11.3.